The topological polar surface area (TPSA) is 473 Å². The monoisotopic (exact) mass is 1320 g/mol. The molecule has 1 unspecified atom stereocenters. The second-order valence-corrected chi connectivity index (χ2v) is 22.1. The quantitative estimate of drug-likeness (QED) is 0.0128. The molecule has 1 aliphatic heterocycles. The van der Waals surface area contributed by atoms with E-state index >= 15 is 0 Å². The van der Waals surface area contributed by atoms with Crippen molar-refractivity contribution in [2.45, 2.75) is 89.0 Å². The summed E-state index contributed by atoms with van der Waals surface area (Å²) in [5, 5.41) is 60.6. The number of urea groups is 1. The zero-order valence-corrected chi connectivity index (χ0v) is 53.2. The predicted molar refractivity (Wildman–Crippen MR) is 348 cm³/mol. The van der Waals surface area contributed by atoms with E-state index in [1.807, 2.05) is 6.07 Å². The summed E-state index contributed by atoms with van der Waals surface area (Å²) < 4.78 is 6.16. The maximum Gasteiger partial charge on any atom is 0.321 e. The largest absolute Gasteiger partial charge is 0.508 e. The lowest BCUT2D eigenvalue weighted by Crippen LogP contribution is -2.54. The summed E-state index contributed by atoms with van der Waals surface area (Å²) >= 11 is 0. The summed E-state index contributed by atoms with van der Waals surface area (Å²) in [6.45, 7) is 3.28. The number of ether oxygens (including phenoxy) is 1. The molecule has 4 rings (SSSR count). The molecule has 4 atom stereocenters. The maximum atomic E-state index is 14.6. The van der Waals surface area contributed by atoms with Crippen LogP contribution in [0.3, 0.4) is 0 Å². The Kier molecular flexibility index (Phi) is 35.5. The molecule has 1 heterocycles. The molecule has 1 fully saturated rings. The van der Waals surface area contributed by atoms with Gasteiger partial charge in [0.25, 0.3) is 0 Å². The van der Waals surface area contributed by atoms with E-state index in [4.69, 9.17) is 21.9 Å². The number of guanidine groups is 2. The first-order chi connectivity index (χ1) is 45.1. The number of phenolic OH excluding ortho intramolecular Hbond substituents is 1. The molecule has 94 heavy (non-hydrogen) atoms. The van der Waals surface area contributed by atoms with E-state index in [1.54, 1.807) is 87.2 Å². The van der Waals surface area contributed by atoms with E-state index in [0.29, 0.717) is 54.4 Å². The number of benzene rings is 3. The number of carboxylic acids is 3. The number of carbonyl (C=O) groups excluding carboxylic acids is 7. The second-order valence-electron chi connectivity index (χ2n) is 22.1. The van der Waals surface area contributed by atoms with E-state index in [0.717, 1.165) is 0 Å². The first kappa shape index (κ1) is 77.0. The summed E-state index contributed by atoms with van der Waals surface area (Å²) in [6.07, 6.45) is 1.65. The lowest BCUT2D eigenvalue weighted by molar-refractivity contribution is -0.140. The Hall–Kier alpha value is -9.50. The van der Waals surface area contributed by atoms with E-state index in [2.05, 4.69) is 52.5 Å². The van der Waals surface area contributed by atoms with Gasteiger partial charge in [-0.2, -0.15) is 0 Å². The number of aromatic hydroxyl groups is 1. The Labute approximate surface area is 546 Å². The van der Waals surface area contributed by atoms with Crippen molar-refractivity contribution in [3.8, 4) is 11.5 Å². The fourth-order valence-corrected chi connectivity index (χ4v) is 9.84. The molecule has 1 aliphatic rings. The van der Waals surface area contributed by atoms with Gasteiger partial charge in [-0.15, -0.1) is 0 Å². The number of nitrogens with two attached hydrogens (primary N) is 3. The van der Waals surface area contributed by atoms with Crippen LogP contribution < -0.4 is 64.5 Å². The Morgan fingerprint density at radius 3 is 1.74 bits per heavy atom. The Bertz CT molecular complexity index is 2930. The van der Waals surface area contributed by atoms with Crippen LogP contribution in [-0.4, -0.2) is 248 Å². The summed E-state index contributed by atoms with van der Waals surface area (Å²) in [6, 6.07) is 19.6. The maximum absolute atomic E-state index is 14.6. The molecule has 0 radical (unpaired) electrons. The molecular formula is C62H93N17O15. The lowest BCUT2D eigenvalue weighted by atomic mass is 9.90. The van der Waals surface area contributed by atoms with Crippen molar-refractivity contribution in [2.75, 3.05) is 118 Å². The van der Waals surface area contributed by atoms with Crippen LogP contribution in [-0.2, 0) is 49.7 Å². The highest BCUT2D eigenvalue weighted by Crippen LogP contribution is 2.28. The summed E-state index contributed by atoms with van der Waals surface area (Å²) in [5.41, 5.74) is 18.9. The normalized spacial score (nSPS) is 15.0. The van der Waals surface area contributed by atoms with E-state index in [9.17, 15) is 68.4 Å². The zero-order valence-electron chi connectivity index (χ0n) is 53.2. The number of hydrogen-bond acceptors (Lipinski definition) is 19. The van der Waals surface area contributed by atoms with E-state index in [1.165, 1.54) is 12.1 Å². The van der Waals surface area contributed by atoms with Gasteiger partial charge in [0.15, 0.2) is 18.2 Å². The molecule has 18 N–H and O–H groups in total. The van der Waals surface area contributed by atoms with Gasteiger partial charge < -0.3 is 79.1 Å². The number of nitrogens with one attached hydrogen (secondary N) is 8. The second kappa shape index (κ2) is 43.3. The van der Waals surface area contributed by atoms with Crippen molar-refractivity contribution in [1.82, 2.24) is 62.1 Å². The molecule has 0 bridgehead atoms. The van der Waals surface area contributed by atoms with Crippen molar-refractivity contribution >= 4 is 71.7 Å². The summed E-state index contributed by atoms with van der Waals surface area (Å²) in [7, 11) is 0. The van der Waals surface area contributed by atoms with Crippen LogP contribution in [0.4, 0.5) is 4.79 Å². The number of rotatable bonds is 39. The molecule has 0 aliphatic carbocycles. The van der Waals surface area contributed by atoms with Gasteiger partial charge in [0.1, 0.15) is 29.7 Å². The Morgan fingerprint density at radius 2 is 1.16 bits per heavy atom. The minimum absolute atomic E-state index is 0.0231. The molecule has 7 amide bonds. The molecule has 1 saturated heterocycles. The molecular weight excluding hydrogens is 1220 g/mol. The van der Waals surface area contributed by atoms with E-state index < -0.39 is 71.7 Å². The van der Waals surface area contributed by atoms with Crippen LogP contribution in [0.5, 0.6) is 11.5 Å². The molecule has 3 aromatic rings. The number of unbranched alkanes of at least 4 members (excludes halogenated alkanes) is 1. The average Bonchev–Trinajstić information content (AvgIpc) is 0.829. The van der Waals surface area contributed by atoms with E-state index in [-0.39, 0.29) is 174 Å². The smallest absolute Gasteiger partial charge is 0.321 e. The number of hydrogen-bond donors (Lipinski definition) is 15. The fourth-order valence-electron chi connectivity index (χ4n) is 9.84. The predicted octanol–water partition coefficient (Wildman–Crippen LogP) is -1.96. The van der Waals surface area contributed by atoms with Gasteiger partial charge in [0, 0.05) is 111 Å². The van der Waals surface area contributed by atoms with Crippen molar-refractivity contribution in [3.63, 3.8) is 0 Å². The molecule has 3 aromatic carbocycles. The number of aliphatic carboxylic acids is 3. The number of aliphatic imine (C=N–C) groups is 2. The number of carboxylic acid groups (broad SMARTS) is 3. The molecule has 0 spiro atoms. The van der Waals surface area contributed by atoms with Gasteiger partial charge in [0.05, 0.1) is 32.2 Å². The minimum atomic E-state index is -1.10. The minimum Gasteiger partial charge on any atom is -0.508 e. The van der Waals surface area contributed by atoms with Crippen LogP contribution in [0.15, 0.2) is 88.8 Å². The molecule has 0 aromatic heterocycles. The first-order valence-corrected chi connectivity index (χ1v) is 31.3. The number of phenols is 1. The highest BCUT2D eigenvalue weighted by molar-refractivity contribution is 5.95. The van der Waals surface area contributed by atoms with Gasteiger partial charge in [-0.1, -0.05) is 61.5 Å². The number of aldehydes is 1. The average molecular weight is 1320 g/mol. The summed E-state index contributed by atoms with van der Waals surface area (Å²) in [5.74, 6) is -6.09. The Morgan fingerprint density at radius 1 is 0.596 bits per heavy atom. The highest BCUT2D eigenvalue weighted by Gasteiger charge is 2.30. The van der Waals surface area contributed by atoms with Crippen molar-refractivity contribution in [2.24, 2.45) is 27.2 Å². The van der Waals surface area contributed by atoms with Gasteiger partial charge in [-0.05, 0) is 79.5 Å². The van der Waals surface area contributed by atoms with Gasteiger partial charge >= 0.3 is 23.9 Å². The standard InChI is InChI=1S/C62H93N17O15/c1-2-51(82)67-26-27-71-62(93)75-61(65)70-24-10-16-49(58(91)72-38-43-17-19-46(81)20-18-43)74-59(92)56(44-11-4-3-5-12-44)45-13-8-14-47(37-45)94-36-7-6-22-68-57(90)48(15-9-23-69-60(63)64)73-52(83)21-25-66-50(42-80)79-34-32-77(40-54(86)87)30-28-76(39-53(84)85)29-31-78(33-35-79)41-55(88)89/h3-5,8,11-14,17-20,37,42,48-50,56,66,81H,2,6-7,9-10,15-16,21-36,38-41H2,1H3,(H,67,82)(H,68,90)(H,72,91)(H,73,83)(H,74,92)(H,84,85)(H,86,87)(H,88,89)(H4,63,64,69)(H4,65,70,71,75,93)/t48-,49-,50?,56+/m1/s1. The number of carbonyl (C=O) groups is 10. The van der Waals surface area contributed by atoms with Crippen LogP contribution in [0.1, 0.15) is 80.9 Å². The fraction of sp³-hybridized carbons (Fsp3) is 0.516. The first-order valence-electron chi connectivity index (χ1n) is 31.3. The van der Waals surface area contributed by atoms with Crippen LogP contribution in [0.25, 0.3) is 0 Å². The SMILES string of the molecule is CCC(=O)NCCNC(=O)NC(N)=NCCC[C@@H](NC(=O)[C@@H](c1ccccc1)c1cccc(OCCCCNC(=O)[C@@H](CCCN=C(N)N)NC(=O)CCNC(C=O)N2CCN(CC(=O)O)CCN(CC(=O)O)CCN(CC(=O)O)CC2)c1)C(=O)NCc1ccc(O)cc1. The van der Waals surface area contributed by atoms with Crippen LogP contribution in [0.2, 0.25) is 0 Å². The Balaban J connectivity index is 1.36. The van der Waals surface area contributed by atoms with Crippen molar-refractivity contribution < 1.29 is 73.1 Å². The summed E-state index contributed by atoms with van der Waals surface area (Å²) in [4.78, 5) is 142. The van der Waals surface area contributed by atoms with Crippen molar-refractivity contribution in [3.05, 3.63) is 95.6 Å². The molecule has 32 nitrogen and oxygen atoms in total. The van der Waals surface area contributed by atoms with Gasteiger partial charge in [-0.25, -0.2) is 4.79 Å². The number of nitrogens with zero attached hydrogens (tertiary/aromatic N) is 6. The zero-order chi connectivity index (χ0) is 68.6. The van der Waals surface area contributed by atoms with Gasteiger partial charge in [-0.3, -0.25) is 78.6 Å². The highest BCUT2D eigenvalue weighted by atomic mass is 16.5. The third kappa shape index (κ3) is 31.7. The van der Waals surface area contributed by atoms with Gasteiger partial charge in [0.2, 0.25) is 29.5 Å². The molecule has 516 valence electrons. The van der Waals surface area contributed by atoms with Crippen LogP contribution in [0, 0.1) is 0 Å². The van der Waals surface area contributed by atoms with Crippen LogP contribution >= 0.6 is 0 Å². The lowest BCUT2D eigenvalue weighted by Gasteiger charge is -2.35. The third-order valence-electron chi connectivity index (χ3n) is 14.8. The number of amides is 7. The third-order valence-corrected chi connectivity index (χ3v) is 14.8. The van der Waals surface area contributed by atoms with Crippen molar-refractivity contribution in [1.29, 1.82) is 0 Å². The molecule has 32 heteroatoms. The molecule has 0 saturated carbocycles.